The van der Waals surface area contributed by atoms with E-state index in [0.29, 0.717) is 12.8 Å². The third-order valence-electron chi connectivity index (χ3n) is 1.82. The van der Waals surface area contributed by atoms with Gasteiger partial charge in [-0.05, 0) is 12.8 Å². The van der Waals surface area contributed by atoms with Gasteiger partial charge in [0.25, 0.3) is 0 Å². The molecule has 1 amide bonds. The lowest BCUT2D eigenvalue weighted by Gasteiger charge is -2.06. The maximum absolute atomic E-state index is 10.1. The van der Waals surface area contributed by atoms with Crippen LogP contribution in [-0.4, -0.2) is 39.7 Å². The van der Waals surface area contributed by atoms with Crippen LogP contribution < -0.4 is 5.32 Å². The van der Waals surface area contributed by atoms with Crippen LogP contribution >= 0.6 is 0 Å². The monoisotopic (exact) mass is 161 g/mol. The molecule has 0 heterocycles. The molecule has 64 valence electrons. The summed E-state index contributed by atoms with van der Waals surface area (Å²) in [7, 11) is 0. The molecular weight excluding hydrogens is 150 g/mol. The minimum absolute atomic E-state index is 0.299. The standard InChI is InChI=1S/C6H11NO4/c8-4-1-3(2-5(4)9)7-6(10)11/h3-5,7-9H,1-2H2,(H,10,11). The Morgan fingerprint density at radius 1 is 1.27 bits per heavy atom. The predicted octanol–water partition coefficient (Wildman–Crippen LogP) is -0.862. The zero-order valence-corrected chi connectivity index (χ0v) is 5.90. The predicted molar refractivity (Wildman–Crippen MR) is 36.2 cm³/mol. The van der Waals surface area contributed by atoms with Crippen molar-refractivity contribution in [2.45, 2.75) is 31.1 Å². The van der Waals surface area contributed by atoms with E-state index >= 15 is 0 Å². The number of amides is 1. The second-order valence-electron chi connectivity index (χ2n) is 2.75. The van der Waals surface area contributed by atoms with Crippen LogP contribution in [0.2, 0.25) is 0 Å². The van der Waals surface area contributed by atoms with Gasteiger partial charge in [-0.25, -0.2) is 4.79 Å². The van der Waals surface area contributed by atoms with Crippen LogP contribution in [0.1, 0.15) is 12.8 Å². The summed E-state index contributed by atoms with van der Waals surface area (Å²) in [5.41, 5.74) is 0. The van der Waals surface area contributed by atoms with Gasteiger partial charge < -0.3 is 20.6 Å². The summed E-state index contributed by atoms with van der Waals surface area (Å²) in [4.78, 5) is 10.1. The summed E-state index contributed by atoms with van der Waals surface area (Å²) in [5.74, 6) is 0. The summed E-state index contributed by atoms with van der Waals surface area (Å²) < 4.78 is 0. The molecule has 11 heavy (non-hydrogen) atoms. The van der Waals surface area contributed by atoms with Gasteiger partial charge in [0, 0.05) is 6.04 Å². The first-order chi connectivity index (χ1) is 5.09. The van der Waals surface area contributed by atoms with Gasteiger partial charge in [-0.1, -0.05) is 0 Å². The molecule has 0 saturated heterocycles. The Balaban J connectivity index is 2.35. The highest BCUT2D eigenvalue weighted by atomic mass is 16.4. The maximum Gasteiger partial charge on any atom is 0.404 e. The molecule has 1 rings (SSSR count). The molecule has 5 heteroatoms. The number of aliphatic hydroxyl groups excluding tert-OH is 2. The molecule has 2 atom stereocenters. The lowest BCUT2D eigenvalue weighted by molar-refractivity contribution is 0.0438. The van der Waals surface area contributed by atoms with E-state index in [2.05, 4.69) is 5.32 Å². The first-order valence-corrected chi connectivity index (χ1v) is 3.45. The quantitative estimate of drug-likeness (QED) is 0.403. The highest BCUT2D eigenvalue weighted by Gasteiger charge is 2.32. The fourth-order valence-electron chi connectivity index (χ4n) is 1.29. The summed E-state index contributed by atoms with van der Waals surface area (Å²) in [6.45, 7) is 0. The van der Waals surface area contributed by atoms with Gasteiger partial charge in [-0.15, -0.1) is 0 Å². The second-order valence-corrected chi connectivity index (χ2v) is 2.75. The van der Waals surface area contributed by atoms with Crippen LogP contribution in [0.4, 0.5) is 4.79 Å². The van der Waals surface area contributed by atoms with Gasteiger partial charge in [-0.3, -0.25) is 0 Å². The number of nitrogens with one attached hydrogen (secondary N) is 1. The molecule has 0 aromatic carbocycles. The number of hydrogen-bond acceptors (Lipinski definition) is 3. The number of hydrogen-bond donors (Lipinski definition) is 4. The lowest BCUT2D eigenvalue weighted by atomic mass is 10.2. The molecule has 4 N–H and O–H groups in total. The largest absolute Gasteiger partial charge is 0.465 e. The molecule has 0 aromatic heterocycles. The first-order valence-electron chi connectivity index (χ1n) is 3.45. The van der Waals surface area contributed by atoms with Crippen molar-refractivity contribution in [2.75, 3.05) is 0 Å². The van der Waals surface area contributed by atoms with E-state index in [1.165, 1.54) is 0 Å². The molecule has 1 saturated carbocycles. The Labute approximate surface area is 63.7 Å². The number of aliphatic hydroxyl groups is 2. The maximum atomic E-state index is 10.1. The Morgan fingerprint density at radius 2 is 1.73 bits per heavy atom. The highest BCUT2D eigenvalue weighted by molar-refractivity contribution is 5.64. The van der Waals surface area contributed by atoms with Gasteiger partial charge in [0.05, 0.1) is 12.2 Å². The van der Waals surface area contributed by atoms with Crippen LogP contribution in [0.5, 0.6) is 0 Å². The van der Waals surface area contributed by atoms with Crippen LogP contribution in [0.25, 0.3) is 0 Å². The van der Waals surface area contributed by atoms with Gasteiger partial charge in [0.1, 0.15) is 0 Å². The van der Waals surface area contributed by atoms with Gasteiger partial charge in [-0.2, -0.15) is 0 Å². The Hall–Kier alpha value is -0.810. The minimum Gasteiger partial charge on any atom is -0.465 e. The van der Waals surface area contributed by atoms with Crippen molar-refractivity contribution in [3.8, 4) is 0 Å². The van der Waals surface area contributed by atoms with Gasteiger partial charge in [0.15, 0.2) is 0 Å². The average Bonchev–Trinajstić information content (AvgIpc) is 2.10. The summed E-state index contributed by atoms with van der Waals surface area (Å²) >= 11 is 0. The van der Waals surface area contributed by atoms with Gasteiger partial charge in [0.2, 0.25) is 0 Å². The van der Waals surface area contributed by atoms with Crippen molar-refractivity contribution >= 4 is 6.09 Å². The summed E-state index contributed by atoms with van der Waals surface area (Å²) in [6, 6.07) is -0.308. The van der Waals surface area contributed by atoms with Crippen molar-refractivity contribution in [2.24, 2.45) is 0 Å². The van der Waals surface area contributed by atoms with E-state index in [1.807, 2.05) is 0 Å². The molecule has 5 nitrogen and oxygen atoms in total. The van der Waals surface area contributed by atoms with E-state index in [9.17, 15) is 4.79 Å². The molecule has 0 spiro atoms. The normalized spacial score (nSPS) is 37.1. The van der Waals surface area contributed by atoms with Crippen molar-refractivity contribution in [3.05, 3.63) is 0 Å². The molecule has 0 aliphatic heterocycles. The Kier molecular flexibility index (Phi) is 2.31. The first kappa shape index (κ1) is 8.29. The average molecular weight is 161 g/mol. The fraction of sp³-hybridized carbons (Fsp3) is 0.833. The number of rotatable bonds is 1. The topological polar surface area (TPSA) is 89.8 Å². The van der Waals surface area contributed by atoms with E-state index in [4.69, 9.17) is 15.3 Å². The zero-order valence-electron chi connectivity index (χ0n) is 5.90. The molecule has 0 radical (unpaired) electrons. The van der Waals surface area contributed by atoms with Gasteiger partial charge >= 0.3 is 6.09 Å². The summed E-state index contributed by atoms with van der Waals surface area (Å²) in [5, 5.41) is 28.5. The molecule has 1 aliphatic carbocycles. The van der Waals surface area contributed by atoms with Crippen molar-refractivity contribution < 1.29 is 20.1 Å². The van der Waals surface area contributed by atoms with E-state index in [-0.39, 0.29) is 6.04 Å². The summed E-state index contributed by atoms with van der Waals surface area (Å²) in [6.07, 6.45) is -2.09. The molecule has 2 unspecified atom stereocenters. The zero-order chi connectivity index (χ0) is 8.43. The Morgan fingerprint density at radius 3 is 2.09 bits per heavy atom. The minimum atomic E-state index is -1.11. The third-order valence-corrected chi connectivity index (χ3v) is 1.82. The SMILES string of the molecule is O=C(O)NC1CC(O)C(O)C1. The number of carbonyl (C=O) groups is 1. The fourth-order valence-corrected chi connectivity index (χ4v) is 1.29. The van der Waals surface area contributed by atoms with E-state index in [1.54, 1.807) is 0 Å². The molecular formula is C6H11NO4. The Bertz CT molecular complexity index is 151. The second kappa shape index (κ2) is 3.06. The third kappa shape index (κ3) is 2.06. The van der Waals surface area contributed by atoms with Crippen LogP contribution in [-0.2, 0) is 0 Å². The van der Waals surface area contributed by atoms with Crippen LogP contribution in [0, 0.1) is 0 Å². The van der Waals surface area contributed by atoms with E-state index in [0.717, 1.165) is 0 Å². The molecule has 0 bridgehead atoms. The smallest absolute Gasteiger partial charge is 0.404 e. The lowest BCUT2D eigenvalue weighted by Crippen LogP contribution is -2.31. The van der Waals surface area contributed by atoms with Crippen molar-refractivity contribution in [1.29, 1.82) is 0 Å². The molecule has 0 aromatic rings. The van der Waals surface area contributed by atoms with Crippen molar-refractivity contribution in [1.82, 2.24) is 5.32 Å². The van der Waals surface area contributed by atoms with Crippen LogP contribution in [0.15, 0.2) is 0 Å². The molecule has 1 fully saturated rings. The molecule has 1 aliphatic rings. The van der Waals surface area contributed by atoms with E-state index < -0.39 is 18.3 Å². The van der Waals surface area contributed by atoms with Crippen LogP contribution in [0.3, 0.4) is 0 Å². The highest BCUT2D eigenvalue weighted by Crippen LogP contribution is 2.19. The van der Waals surface area contributed by atoms with Crippen molar-refractivity contribution in [3.63, 3.8) is 0 Å². The number of carboxylic acid groups (broad SMARTS) is 1.